The largest absolute Gasteiger partial charge is 0.473 e. The Labute approximate surface area is 133 Å². The number of ether oxygens (including phenoxy) is 1. The number of amides is 1. The first-order valence-electron chi connectivity index (χ1n) is 7.20. The molecule has 5 nitrogen and oxygen atoms in total. The van der Waals surface area contributed by atoms with Crippen LogP contribution in [0.25, 0.3) is 0 Å². The summed E-state index contributed by atoms with van der Waals surface area (Å²) < 4.78 is 5.83. The van der Waals surface area contributed by atoms with Crippen molar-refractivity contribution in [2.45, 2.75) is 18.9 Å². The second kappa shape index (κ2) is 6.75. The zero-order chi connectivity index (χ0) is 15.4. The van der Waals surface area contributed by atoms with Crippen LogP contribution in [0.4, 0.5) is 0 Å². The van der Waals surface area contributed by atoms with Gasteiger partial charge in [0.1, 0.15) is 11.1 Å². The van der Waals surface area contributed by atoms with E-state index in [9.17, 15) is 4.79 Å². The molecule has 0 spiro atoms. The summed E-state index contributed by atoms with van der Waals surface area (Å²) in [7, 11) is 0. The summed E-state index contributed by atoms with van der Waals surface area (Å²) in [4.78, 5) is 22.2. The van der Waals surface area contributed by atoms with E-state index in [1.165, 1.54) is 0 Å². The standard InChI is InChI=1S/C16H16ClN3O2/c17-14-2-1-7-19-15(14)22-13-5-10-20(11-6-13)16(21)12-3-8-18-9-4-12/h1-4,7-9,13H,5-6,10-11H2. The van der Waals surface area contributed by atoms with E-state index in [-0.39, 0.29) is 12.0 Å². The van der Waals surface area contributed by atoms with Crippen LogP contribution in [0.2, 0.25) is 5.02 Å². The summed E-state index contributed by atoms with van der Waals surface area (Å²) in [5.41, 5.74) is 0.669. The number of carbonyl (C=O) groups excluding carboxylic acids is 1. The van der Waals surface area contributed by atoms with Crippen molar-refractivity contribution >= 4 is 17.5 Å². The molecule has 0 N–H and O–H groups in total. The highest BCUT2D eigenvalue weighted by atomic mass is 35.5. The first-order valence-corrected chi connectivity index (χ1v) is 7.58. The topological polar surface area (TPSA) is 55.3 Å². The molecule has 1 aliphatic rings. The van der Waals surface area contributed by atoms with Crippen LogP contribution in [0.3, 0.4) is 0 Å². The van der Waals surface area contributed by atoms with Gasteiger partial charge in [-0.05, 0) is 24.3 Å². The number of nitrogens with zero attached hydrogens (tertiary/aromatic N) is 3. The Morgan fingerprint density at radius 2 is 1.91 bits per heavy atom. The third-order valence-corrected chi connectivity index (χ3v) is 3.95. The zero-order valence-electron chi connectivity index (χ0n) is 12.0. The molecule has 1 aliphatic heterocycles. The van der Waals surface area contributed by atoms with Gasteiger partial charge in [0.05, 0.1) is 0 Å². The Morgan fingerprint density at radius 1 is 1.18 bits per heavy atom. The molecule has 0 saturated carbocycles. The van der Waals surface area contributed by atoms with Gasteiger partial charge in [0.15, 0.2) is 0 Å². The minimum Gasteiger partial charge on any atom is -0.473 e. The highest BCUT2D eigenvalue weighted by Crippen LogP contribution is 2.24. The molecule has 3 rings (SSSR count). The van der Waals surface area contributed by atoms with Gasteiger partial charge in [-0.15, -0.1) is 0 Å². The molecule has 0 bridgehead atoms. The Kier molecular flexibility index (Phi) is 4.53. The summed E-state index contributed by atoms with van der Waals surface area (Å²) >= 11 is 6.04. The minimum absolute atomic E-state index is 0.0360. The van der Waals surface area contributed by atoms with Crippen molar-refractivity contribution in [3.05, 3.63) is 53.4 Å². The maximum atomic E-state index is 12.3. The fourth-order valence-electron chi connectivity index (χ4n) is 2.47. The van der Waals surface area contributed by atoms with Crippen molar-refractivity contribution in [3.8, 4) is 5.88 Å². The monoisotopic (exact) mass is 317 g/mol. The average Bonchev–Trinajstić information content (AvgIpc) is 2.58. The molecule has 2 aromatic rings. The van der Waals surface area contributed by atoms with Crippen LogP contribution < -0.4 is 4.74 Å². The van der Waals surface area contributed by atoms with Gasteiger partial charge in [0.25, 0.3) is 5.91 Å². The molecule has 2 aromatic heterocycles. The lowest BCUT2D eigenvalue weighted by Crippen LogP contribution is -2.41. The lowest BCUT2D eigenvalue weighted by atomic mass is 10.1. The third kappa shape index (κ3) is 3.36. The maximum Gasteiger partial charge on any atom is 0.253 e. The van der Waals surface area contributed by atoms with Gasteiger partial charge >= 0.3 is 0 Å². The molecule has 0 aromatic carbocycles. The predicted octanol–water partition coefficient (Wildman–Crippen LogP) is 2.81. The molecule has 0 unspecified atom stereocenters. The summed E-state index contributed by atoms with van der Waals surface area (Å²) in [6, 6.07) is 6.99. The van der Waals surface area contributed by atoms with Gasteiger partial charge < -0.3 is 9.64 Å². The van der Waals surface area contributed by atoms with Crippen LogP contribution in [0, 0.1) is 0 Å². The van der Waals surface area contributed by atoms with Crippen LogP contribution in [-0.4, -0.2) is 40.0 Å². The molecule has 1 saturated heterocycles. The molecule has 1 amide bonds. The van der Waals surface area contributed by atoms with Crippen molar-refractivity contribution in [1.82, 2.24) is 14.9 Å². The highest BCUT2D eigenvalue weighted by Gasteiger charge is 2.25. The second-order valence-electron chi connectivity index (χ2n) is 5.14. The normalized spacial score (nSPS) is 15.6. The van der Waals surface area contributed by atoms with E-state index < -0.39 is 0 Å². The third-order valence-electron chi connectivity index (χ3n) is 3.66. The molecule has 1 fully saturated rings. The van der Waals surface area contributed by atoms with E-state index in [1.54, 1.807) is 42.9 Å². The Hall–Kier alpha value is -2.14. The molecular weight excluding hydrogens is 302 g/mol. The van der Waals surface area contributed by atoms with Crippen LogP contribution in [0.5, 0.6) is 5.88 Å². The zero-order valence-corrected chi connectivity index (χ0v) is 12.7. The average molecular weight is 318 g/mol. The number of likely N-dealkylation sites (tertiary alicyclic amines) is 1. The SMILES string of the molecule is O=C(c1ccncc1)N1CCC(Oc2ncccc2Cl)CC1. The molecule has 3 heterocycles. The van der Waals surface area contributed by atoms with Gasteiger partial charge in [-0.2, -0.15) is 0 Å². The van der Waals surface area contributed by atoms with Crippen molar-refractivity contribution in [2.24, 2.45) is 0 Å². The lowest BCUT2D eigenvalue weighted by Gasteiger charge is -2.32. The maximum absolute atomic E-state index is 12.3. The van der Waals surface area contributed by atoms with Crippen LogP contribution >= 0.6 is 11.6 Å². The van der Waals surface area contributed by atoms with Gasteiger partial charge in [-0.1, -0.05) is 11.6 Å². The Balaban J connectivity index is 1.57. The van der Waals surface area contributed by atoms with E-state index in [4.69, 9.17) is 16.3 Å². The van der Waals surface area contributed by atoms with Gasteiger partial charge in [-0.25, -0.2) is 4.98 Å². The number of carbonyl (C=O) groups is 1. The van der Waals surface area contributed by atoms with Crippen molar-refractivity contribution in [2.75, 3.05) is 13.1 Å². The van der Waals surface area contributed by atoms with E-state index in [1.807, 2.05) is 4.90 Å². The molecular formula is C16H16ClN3O2. The fraction of sp³-hybridized carbons (Fsp3) is 0.312. The van der Waals surface area contributed by atoms with Crippen LogP contribution in [-0.2, 0) is 0 Å². The number of hydrogen-bond donors (Lipinski definition) is 0. The van der Waals surface area contributed by atoms with E-state index in [2.05, 4.69) is 9.97 Å². The van der Waals surface area contributed by atoms with Gasteiger partial charge in [0, 0.05) is 50.1 Å². The molecule has 114 valence electrons. The highest BCUT2D eigenvalue weighted by molar-refractivity contribution is 6.31. The number of aromatic nitrogens is 2. The molecule has 6 heteroatoms. The number of rotatable bonds is 3. The quantitative estimate of drug-likeness (QED) is 0.873. The number of halogens is 1. The molecule has 0 radical (unpaired) electrons. The second-order valence-corrected chi connectivity index (χ2v) is 5.54. The van der Waals surface area contributed by atoms with Crippen LogP contribution in [0.1, 0.15) is 23.2 Å². The molecule has 22 heavy (non-hydrogen) atoms. The summed E-state index contributed by atoms with van der Waals surface area (Å²) in [5, 5.41) is 0.512. The fourth-order valence-corrected chi connectivity index (χ4v) is 2.64. The lowest BCUT2D eigenvalue weighted by molar-refractivity contribution is 0.0588. The molecule has 0 aliphatic carbocycles. The summed E-state index contributed by atoms with van der Waals surface area (Å²) in [5.74, 6) is 0.500. The summed E-state index contributed by atoms with van der Waals surface area (Å²) in [6.07, 6.45) is 6.49. The number of hydrogen-bond acceptors (Lipinski definition) is 4. The van der Waals surface area contributed by atoms with E-state index in [0.717, 1.165) is 12.8 Å². The Morgan fingerprint density at radius 3 is 2.59 bits per heavy atom. The van der Waals surface area contributed by atoms with Crippen molar-refractivity contribution in [1.29, 1.82) is 0 Å². The predicted molar refractivity (Wildman–Crippen MR) is 83.0 cm³/mol. The first-order chi connectivity index (χ1) is 10.7. The first kappa shape index (κ1) is 14.8. The Bertz CT molecular complexity index is 643. The van der Waals surface area contributed by atoms with Gasteiger partial charge in [-0.3, -0.25) is 9.78 Å². The van der Waals surface area contributed by atoms with E-state index >= 15 is 0 Å². The van der Waals surface area contributed by atoms with Crippen molar-refractivity contribution in [3.63, 3.8) is 0 Å². The summed E-state index contributed by atoms with van der Waals surface area (Å²) in [6.45, 7) is 1.33. The van der Waals surface area contributed by atoms with Crippen LogP contribution in [0.15, 0.2) is 42.9 Å². The minimum atomic E-state index is 0.0360. The van der Waals surface area contributed by atoms with Crippen molar-refractivity contribution < 1.29 is 9.53 Å². The molecule has 0 atom stereocenters. The van der Waals surface area contributed by atoms with Gasteiger partial charge in [0.2, 0.25) is 5.88 Å². The number of pyridine rings is 2. The number of piperidine rings is 1. The smallest absolute Gasteiger partial charge is 0.253 e. The van der Waals surface area contributed by atoms with E-state index in [0.29, 0.717) is 29.6 Å².